The Morgan fingerprint density at radius 3 is 2.70 bits per heavy atom. The number of thioether (sulfide) groups is 1. The van der Waals surface area contributed by atoms with Gasteiger partial charge in [0.05, 0.1) is 28.1 Å². The minimum absolute atomic E-state index is 0.179. The number of fused-ring (bicyclic) bond motifs is 5. The van der Waals surface area contributed by atoms with E-state index in [1.165, 1.54) is 22.1 Å². The van der Waals surface area contributed by atoms with E-state index in [0.717, 1.165) is 37.9 Å². The molecule has 30 heavy (non-hydrogen) atoms. The molecule has 0 bridgehead atoms. The molecule has 0 N–H and O–H groups in total. The van der Waals surface area contributed by atoms with Crippen molar-refractivity contribution in [3.8, 4) is 0 Å². The molecule has 0 amide bonds. The highest BCUT2D eigenvalue weighted by Gasteiger charge is 2.32. The van der Waals surface area contributed by atoms with Gasteiger partial charge in [-0.2, -0.15) is 0 Å². The molecular weight excluding hydrogens is 410 g/mol. The first-order valence-corrected chi connectivity index (χ1v) is 12.1. The smallest absolute Gasteiger partial charge is 0.126 e. The molecule has 0 saturated carbocycles. The third-order valence-corrected chi connectivity index (χ3v) is 7.86. The van der Waals surface area contributed by atoms with E-state index in [2.05, 4.69) is 63.0 Å². The maximum Gasteiger partial charge on any atom is 0.126 e. The summed E-state index contributed by atoms with van der Waals surface area (Å²) in [6.07, 6.45) is 2.58. The van der Waals surface area contributed by atoms with Crippen LogP contribution in [0, 0.1) is 0 Å². The summed E-state index contributed by atoms with van der Waals surface area (Å²) in [6.45, 7) is 9.38. The number of benzene rings is 1. The molecule has 6 heteroatoms. The number of nitrogens with zero attached hydrogens (tertiary/aromatic N) is 3. The predicted molar refractivity (Wildman–Crippen MR) is 125 cm³/mol. The van der Waals surface area contributed by atoms with E-state index in [1.54, 1.807) is 29.4 Å². The van der Waals surface area contributed by atoms with Crippen LogP contribution in [0.2, 0.25) is 0 Å². The van der Waals surface area contributed by atoms with E-state index in [4.69, 9.17) is 14.7 Å². The SMILES string of the molecule is CC(C)c1nc2sc3c(SCc4ccccc4)ncnc3c2c2c1COC(C)(C)C2. The van der Waals surface area contributed by atoms with E-state index >= 15 is 0 Å². The van der Waals surface area contributed by atoms with Gasteiger partial charge in [-0.3, -0.25) is 0 Å². The second-order valence-corrected chi connectivity index (χ2v) is 10.7. The molecule has 0 aliphatic carbocycles. The van der Waals surface area contributed by atoms with Gasteiger partial charge in [0.1, 0.15) is 16.2 Å². The highest BCUT2D eigenvalue weighted by atomic mass is 32.2. The lowest BCUT2D eigenvalue weighted by Gasteiger charge is -2.33. The molecule has 1 aliphatic rings. The van der Waals surface area contributed by atoms with Gasteiger partial charge < -0.3 is 4.74 Å². The topological polar surface area (TPSA) is 47.9 Å². The zero-order chi connectivity index (χ0) is 20.9. The second kappa shape index (κ2) is 7.59. The lowest BCUT2D eigenvalue weighted by atomic mass is 9.87. The van der Waals surface area contributed by atoms with Crippen LogP contribution in [0.3, 0.4) is 0 Å². The van der Waals surface area contributed by atoms with Crippen LogP contribution in [0.25, 0.3) is 20.4 Å². The Kier molecular flexibility index (Phi) is 5.04. The van der Waals surface area contributed by atoms with E-state index in [9.17, 15) is 0 Å². The van der Waals surface area contributed by atoms with Crippen LogP contribution in [0.1, 0.15) is 56.0 Å². The first-order valence-electron chi connectivity index (χ1n) is 10.3. The van der Waals surface area contributed by atoms with Crippen molar-refractivity contribution in [3.63, 3.8) is 0 Å². The summed E-state index contributed by atoms with van der Waals surface area (Å²) in [5.74, 6) is 1.25. The van der Waals surface area contributed by atoms with Gasteiger partial charge in [0.25, 0.3) is 0 Å². The number of hydrogen-bond acceptors (Lipinski definition) is 6. The Bertz CT molecular complexity index is 1230. The number of aromatic nitrogens is 3. The summed E-state index contributed by atoms with van der Waals surface area (Å²) in [7, 11) is 0. The van der Waals surface area contributed by atoms with Crippen LogP contribution in [0.4, 0.5) is 0 Å². The number of ether oxygens (including phenoxy) is 1. The molecule has 0 unspecified atom stereocenters. The van der Waals surface area contributed by atoms with Crippen molar-refractivity contribution in [1.29, 1.82) is 0 Å². The van der Waals surface area contributed by atoms with Crippen LogP contribution in [-0.2, 0) is 23.5 Å². The van der Waals surface area contributed by atoms with Crippen molar-refractivity contribution < 1.29 is 4.74 Å². The fourth-order valence-corrected chi connectivity index (χ4v) is 6.31. The molecule has 0 fully saturated rings. The van der Waals surface area contributed by atoms with Crippen molar-refractivity contribution in [2.24, 2.45) is 0 Å². The van der Waals surface area contributed by atoms with Gasteiger partial charge in [-0.05, 0) is 30.9 Å². The maximum absolute atomic E-state index is 6.16. The maximum atomic E-state index is 6.16. The molecule has 4 heterocycles. The van der Waals surface area contributed by atoms with E-state index in [1.807, 2.05) is 0 Å². The van der Waals surface area contributed by atoms with Crippen molar-refractivity contribution >= 4 is 43.5 Å². The lowest BCUT2D eigenvalue weighted by molar-refractivity contribution is -0.0402. The molecule has 1 aliphatic heterocycles. The van der Waals surface area contributed by atoms with Gasteiger partial charge in [-0.25, -0.2) is 15.0 Å². The number of rotatable bonds is 4. The van der Waals surface area contributed by atoms with Crippen LogP contribution in [0.15, 0.2) is 41.7 Å². The van der Waals surface area contributed by atoms with Crippen molar-refractivity contribution in [2.75, 3.05) is 0 Å². The molecule has 1 aromatic carbocycles. The zero-order valence-electron chi connectivity index (χ0n) is 17.7. The molecule has 154 valence electrons. The minimum atomic E-state index is -0.179. The molecule has 0 spiro atoms. The number of hydrogen-bond donors (Lipinski definition) is 0. The minimum Gasteiger partial charge on any atom is -0.370 e. The highest BCUT2D eigenvalue weighted by Crippen LogP contribution is 2.43. The van der Waals surface area contributed by atoms with Crippen LogP contribution in [0.5, 0.6) is 0 Å². The molecular formula is C24H25N3OS2. The summed E-state index contributed by atoms with van der Waals surface area (Å²) >= 11 is 3.50. The second-order valence-electron chi connectivity index (χ2n) is 8.75. The standard InChI is InChI=1S/C24H25N3OS2/c1-14(2)19-17-11-28-24(3,4)10-16(17)18-20-21(30-22(18)27-19)23(26-13-25-20)29-12-15-8-6-5-7-9-15/h5-9,13-14H,10-12H2,1-4H3. The first-order chi connectivity index (χ1) is 14.4. The summed E-state index contributed by atoms with van der Waals surface area (Å²) in [6, 6.07) is 10.5. The monoisotopic (exact) mass is 435 g/mol. The fourth-order valence-electron chi connectivity index (χ4n) is 4.12. The molecule has 0 radical (unpaired) electrons. The van der Waals surface area contributed by atoms with E-state index in [0.29, 0.717) is 12.5 Å². The normalized spacial score (nSPS) is 15.8. The van der Waals surface area contributed by atoms with Gasteiger partial charge in [-0.15, -0.1) is 23.1 Å². The Morgan fingerprint density at radius 2 is 1.93 bits per heavy atom. The van der Waals surface area contributed by atoms with Gasteiger partial charge in [0.2, 0.25) is 0 Å². The van der Waals surface area contributed by atoms with Gasteiger partial charge in [-0.1, -0.05) is 44.2 Å². The molecule has 0 saturated heterocycles. The summed E-state index contributed by atoms with van der Waals surface area (Å²) in [5.41, 5.74) is 5.94. The lowest BCUT2D eigenvalue weighted by Crippen LogP contribution is -2.32. The number of pyridine rings is 1. The number of thiophene rings is 1. The quantitative estimate of drug-likeness (QED) is 0.270. The van der Waals surface area contributed by atoms with Crippen molar-refractivity contribution in [1.82, 2.24) is 15.0 Å². The summed E-state index contributed by atoms with van der Waals surface area (Å²) in [5, 5.41) is 2.24. The fraction of sp³-hybridized carbons (Fsp3) is 0.375. The average Bonchev–Trinajstić information content (AvgIpc) is 3.11. The average molecular weight is 436 g/mol. The molecule has 4 nitrogen and oxygen atoms in total. The Labute approximate surface area is 185 Å². The van der Waals surface area contributed by atoms with Gasteiger partial charge in [0, 0.05) is 23.1 Å². The van der Waals surface area contributed by atoms with Crippen LogP contribution < -0.4 is 0 Å². The zero-order valence-corrected chi connectivity index (χ0v) is 19.4. The highest BCUT2D eigenvalue weighted by molar-refractivity contribution is 7.98. The van der Waals surface area contributed by atoms with Crippen LogP contribution in [-0.4, -0.2) is 20.6 Å². The summed E-state index contributed by atoms with van der Waals surface area (Å²) in [4.78, 5) is 15.5. The Morgan fingerprint density at radius 1 is 1.13 bits per heavy atom. The largest absolute Gasteiger partial charge is 0.370 e. The Hall–Kier alpha value is -2.02. The summed E-state index contributed by atoms with van der Waals surface area (Å²) < 4.78 is 7.30. The molecule has 5 rings (SSSR count). The third kappa shape index (κ3) is 3.51. The molecule has 0 atom stereocenters. The van der Waals surface area contributed by atoms with Crippen molar-refractivity contribution in [3.05, 3.63) is 59.0 Å². The van der Waals surface area contributed by atoms with Gasteiger partial charge in [0.15, 0.2) is 0 Å². The first kappa shape index (κ1) is 19.9. The molecule has 4 aromatic rings. The van der Waals surface area contributed by atoms with E-state index in [-0.39, 0.29) is 5.60 Å². The van der Waals surface area contributed by atoms with Gasteiger partial charge >= 0.3 is 0 Å². The molecule has 3 aromatic heterocycles. The third-order valence-electron chi connectivity index (χ3n) is 5.59. The van der Waals surface area contributed by atoms with E-state index < -0.39 is 0 Å². The van der Waals surface area contributed by atoms with Crippen LogP contribution >= 0.6 is 23.1 Å². The predicted octanol–water partition coefficient (Wildman–Crippen LogP) is 6.51. The van der Waals surface area contributed by atoms with Crippen molar-refractivity contribution in [2.45, 2.75) is 63.0 Å². The Balaban J connectivity index is 1.67.